The molecular formula is C61H40N2S. The number of thiophene rings is 1. The fourth-order valence-electron chi connectivity index (χ4n) is 10.5. The maximum Gasteiger partial charge on any atom is 0.0588 e. The number of aromatic nitrogens is 1. The highest BCUT2D eigenvalue weighted by Gasteiger charge is 2.33. The highest BCUT2D eigenvalue weighted by molar-refractivity contribution is 7.25. The van der Waals surface area contributed by atoms with E-state index < -0.39 is 0 Å². The van der Waals surface area contributed by atoms with Crippen LogP contribution in [0.5, 0.6) is 0 Å². The van der Waals surface area contributed by atoms with Gasteiger partial charge < -0.3 is 9.88 Å². The SMILES string of the molecule is c1ccc(-c2cc3c(c(N(c4ccccc4-c4cccc5c4[nH]c4ccccc45)c4ccccc4-c4cccc5sc6ccccc6c45)c2-c2ccccc2)Cc2ccccc2-3)cc1. The van der Waals surface area contributed by atoms with Gasteiger partial charge in [0.2, 0.25) is 0 Å². The van der Waals surface area contributed by atoms with E-state index in [4.69, 9.17) is 0 Å². The normalized spacial score (nSPS) is 12.0. The van der Waals surface area contributed by atoms with Crippen molar-refractivity contribution in [1.29, 1.82) is 0 Å². The molecule has 0 unspecified atom stereocenters. The van der Waals surface area contributed by atoms with Crippen LogP contribution in [0.4, 0.5) is 17.1 Å². The number of H-pyrrole nitrogens is 1. The molecule has 300 valence electrons. The lowest BCUT2D eigenvalue weighted by Crippen LogP contribution is -2.16. The molecule has 0 saturated heterocycles. The monoisotopic (exact) mass is 832 g/mol. The number of anilines is 3. The first-order valence-electron chi connectivity index (χ1n) is 22.1. The third-order valence-corrected chi connectivity index (χ3v) is 14.4. The quantitative estimate of drug-likeness (QED) is 0.169. The van der Waals surface area contributed by atoms with Gasteiger partial charge in [0.15, 0.2) is 0 Å². The fraction of sp³-hybridized carbons (Fsp3) is 0.0164. The summed E-state index contributed by atoms with van der Waals surface area (Å²) in [7, 11) is 0. The van der Waals surface area contributed by atoms with Crippen LogP contribution in [0, 0.1) is 0 Å². The Balaban J connectivity index is 1.20. The van der Waals surface area contributed by atoms with E-state index in [1.54, 1.807) is 0 Å². The van der Waals surface area contributed by atoms with Gasteiger partial charge in [-0.25, -0.2) is 0 Å². The van der Waals surface area contributed by atoms with Crippen molar-refractivity contribution in [3.63, 3.8) is 0 Å². The Bertz CT molecular complexity index is 3760. The van der Waals surface area contributed by atoms with Gasteiger partial charge in [0, 0.05) is 65.1 Å². The second kappa shape index (κ2) is 14.8. The van der Waals surface area contributed by atoms with E-state index >= 15 is 0 Å². The number of fused-ring (bicyclic) bond motifs is 9. The molecular weight excluding hydrogens is 793 g/mol. The molecule has 0 radical (unpaired) electrons. The largest absolute Gasteiger partial charge is 0.354 e. The van der Waals surface area contributed by atoms with Crippen molar-refractivity contribution >= 4 is 70.4 Å². The molecule has 0 amide bonds. The number of aromatic amines is 1. The number of para-hydroxylation sites is 4. The van der Waals surface area contributed by atoms with Crippen molar-refractivity contribution < 1.29 is 0 Å². The molecule has 1 aliphatic rings. The summed E-state index contributed by atoms with van der Waals surface area (Å²) in [6.07, 6.45) is 0.818. The van der Waals surface area contributed by atoms with Gasteiger partial charge in [-0.05, 0) is 80.9 Å². The Morgan fingerprint density at radius 2 is 0.953 bits per heavy atom. The minimum Gasteiger partial charge on any atom is -0.354 e. The van der Waals surface area contributed by atoms with Gasteiger partial charge in [-0.15, -0.1) is 11.3 Å². The lowest BCUT2D eigenvalue weighted by Gasteiger charge is -2.34. The maximum absolute atomic E-state index is 3.87. The van der Waals surface area contributed by atoms with Crippen LogP contribution in [0.2, 0.25) is 0 Å². The van der Waals surface area contributed by atoms with E-state index in [-0.39, 0.29) is 0 Å². The Labute approximate surface area is 376 Å². The molecule has 2 nitrogen and oxygen atoms in total. The predicted molar refractivity (Wildman–Crippen MR) is 273 cm³/mol. The van der Waals surface area contributed by atoms with Gasteiger partial charge in [0.05, 0.1) is 22.6 Å². The smallest absolute Gasteiger partial charge is 0.0588 e. The summed E-state index contributed by atoms with van der Waals surface area (Å²) in [5.41, 5.74) is 20.5. The van der Waals surface area contributed by atoms with E-state index in [9.17, 15) is 0 Å². The molecule has 64 heavy (non-hydrogen) atoms. The molecule has 2 aromatic heterocycles. The third kappa shape index (κ3) is 5.71. The molecule has 1 N–H and O–H groups in total. The minimum absolute atomic E-state index is 0.818. The van der Waals surface area contributed by atoms with Crippen LogP contribution in [0.1, 0.15) is 11.1 Å². The summed E-state index contributed by atoms with van der Waals surface area (Å²) < 4.78 is 2.59. The fourth-order valence-corrected chi connectivity index (χ4v) is 11.6. The van der Waals surface area contributed by atoms with Gasteiger partial charge in [0.1, 0.15) is 0 Å². The maximum atomic E-state index is 3.87. The van der Waals surface area contributed by atoms with Gasteiger partial charge in [-0.2, -0.15) is 0 Å². The highest BCUT2D eigenvalue weighted by atomic mass is 32.1. The van der Waals surface area contributed by atoms with Gasteiger partial charge in [-0.3, -0.25) is 0 Å². The summed E-state index contributed by atoms with van der Waals surface area (Å²) in [5.74, 6) is 0. The molecule has 3 heteroatoms. The van der Waals surface area contributed by atoms with E-state index in [0.29, 0.717) is 0 Å². The van der Waals surface area contributed by atoms with Crippen molar-refractivity contribution in [2.45, 2.75) is 6.42 Å². The van der Waals surface area contributed by atoms with Crippen molar-refractivity contribution in [1.82, 2.24) is 4.98 Å². The number of hydrogen-bond donors (Lipinski definition) is 1. The van der Waals surface area contributed by atoms with Crippen molar-refractivity contribution in [2.24, 2.45) is 0 Å². The van der Waals surface area contributed by atoms with Crippen LogP contribution in [0.25, 0.3) is 97.6 Å². The van der Waals surface area contributed by atoms with Gasteiger partial charge in [-0.1, -0.05) is 188 Å². The third-order valence-electron chi connectivity index (χ3n) is 13.3. The van der Waals surface area contributed by atoms with E-state index in [0.717, 1.165) is 40.0 Å². The van der Waals surface area contributed by atoms with E-state index in [1.807, 2.05) is 11.3 Å². The summed E-state index contributed by atoms with van der Waals surface area (Å²) in [5, 5.41) is 5.04. The standard InChI is InChI=1S/C61H40N2S/c1-3-19-39(20-4-1)50-38-51-42-24-8-7-23-41(42)37-52(51)61(58(50)40-21-5-2-6-22-40)63(54-33-14-10-26-44(54)46-29-18-36-57-59(46)49-28-12-16-35-56(49)64-57)55-34-15-11-27-45(55)48-31-17-30-47-43-25-9-13-32-53(43)62-60(47)48/h1-36,38,62H,37H2. The van der Waals surface area contributed by atoms with Crippen LogP contribution in [0.3, 0.4) is 0 Å². The average molecular weight is 833 g/mol. The number of rotatable bonds is 7. The predicted octanol–water partition coefficient (Wildman–Crippen LogP) is 17.4. The van der Waals surface area contributed by atoms with Crippen LogP contribution in [-0.2, 0) is 6.42 Å². The molecule has 12 aromatic rings. The summed E-state index contributed by atoms with van der Waals surface area (Å²) in [6, 6.07) is 82.8. The Kier molecular flexibility index (Phi) is 8.50. The van der Waals surface area contributed by atoms with Crippen LogP contribution in [0.15, 0.2) is 224 Å². The molecule has 0 spiro atoms. The Morgan fingerprint density at radius 1 is 0.391 bits per heavy atom. The highest BCUT2D eigenvalue weighted by Crippen LogP contribution is 2.57. The van der Waals surface area contributed by atoms with Gasteiger partial charge in [0.25, 0.3) is 0 Å². The molecule has 1 aliphatic carbocycles. The Hall–Kier alpha value is -7.98. The average Bonchev–Trinajstić information content (AvgIpc) is 4.06. The first-order valence-corrected chi connectivity index (χ1v) is 22.9. The van der Waals surface area contributed by atoms with Crippen LogP contribution in [-0.4, -0.2) is 4.98 Å². The second-order valence-corrected chi connectivity index (χ2v) is 17.9. The summed E-state index contributed by atoms with van der Waals surface area (Å²) in [4.78, 5) is 6.50. The van der Waals surface area contributed by atoms with E-state index in [1.165, 1.54) is 92.3 Å². The zero-order valence-corrected chi connectivity index (χ0v) is 35.7. The number of nitrogens with zero attached hydrogens (tertiary/aromatic N) is 1. The molecule has 0 bridgehead atoms. The van der Waals surface area contributed by atoms with Crippen LogP contribution < -0.4 is 4.90 Å². The number of hydrogen-bond acceptors (Lipinski definition) is 2. The van der Waals surface area contributed by atoms with E-state index in [2.05, 4.69) is 234 Å². The number of benzene rings is 10. The van der Waals surface area contributed by atoms with Crippen molar-refractivity contribution in [3.05, 3.63) is 236 Å². The van der Waals surface area contributed by atoms with Crippen molar-refractivity contribution in [2.75, 3.05) is 4.90 Å². The zero-order chi connectivity index (χ0) is 42.1. The molecule has 0 fully saturated rings. The minimum atomic E-state index is 0.818. The molecule has 2 heterocycles. The molecule has 13 rings (SSSR count). The lowest BCUT2D eigenvalue weighted by atomic mass is 9.86. The summed E-state index contributed by atoms with van der Waals surface area (Å²) in [6.45, 7) is 0. The molecule has 0 aliphatic heterocycles. The topological polar surface area (TPSA) is 19.0 Å². The van der Waals surface area contributed by atoms with Crippen molar-refractivity contribution in [3.8, 4) is 55.6 Å². The molecule has 10 aromatic carbocycles. The summed E-state index contributed by atoms with van der Waals surface area (Å²) >= 11 is 1.87. The number of nitrogens with one attached hydrogen (secondary N) is 1. The first-order chi connectivity index (χ1) is 31.8. The first kappa shape index (κ1) is 36.7. The van der Waals surface area contributed by atoms with Gasteiger partial charge >= 0.3 is 0 Å². The molecule has 0 saturated carbocycles. The Morgan fingerprint density at radius 3 is 1.75 bits per heavy atom. The lowest BCUT2D eigenvalue weighted by molar-refractivity contribution is 1.20. The van der Waals surface area contributed by atoms with Crippen LogP contribution >= 0.6 is 11.3 Å². The second-order valence-electron chi connectivity index (χ2n) is 16.8. The zero-order valence-electron chi connectivity index (χ0n) is 34.9. The molecule has 0 atom stereocenters.